The lowest BCUT2D eigenvalue weighted by Gasteiger charge is -2.09. The van der Waals surface area contributed by atoms with Gasteiger partial charge in [0.1, 0.15) is 0 Å². The minimum Gasteiger partial charge on any atom is -0.368 e. The van der Waals surface area contributed by atoms with E-state index in [9.17, 15) is 14.0 Å². The fraction of sp³-hybridized carbons (Fsp3) is 0.500. The van der Waals surface area contributed by atoms with Gasteiger partial charge in [0, 0.05) is 32.3 Å². The minimum absolute atomic E-state index is 0.0632. The molecule has 6 nitrogen and oxygen atoms in total. The lowest BCUT2D eigenvalue weighted by Crippen LogP contribution is -2.31. The maximum Gasteiger partial charge on any atom is 0.254 e. The van der Waals surface area contributed by atoms with Crippen LogP contribution in [0, 0.1) is 5.82 Å². The number of carbonyl (C=O) groups is 2. The van der Waals surface area contributed by atoms with E-state index in [4.69, 9.17) is 0 Å². The molecular weight excluding hydrogens is 275 g/mol. The molecule has 1 aromatic heterocycles. The van der Waals surface area contributed by atoms with Crippen LogP contribution in [0.4, 0.5) is 10.2 Å². The molecular formula is C14H21FN4O2. The standard InChI is InChI=1S/C14H21FN4O2/c1-3-7-17-13-12(15)10(5-8-18-13)14(21)19-9-6-11(20)16-4-2/h5,8H,3-4,6-7,9H2,1-2H3,(H,16,20)(H,17,18)(H,19,21). The van der Waals surface area contributed by atoms with Crippen molar-refractivity contribution < 1.29 is 14.0 Å². The average Bonchev–Trinajstić information content (AvgIpc) is 2.46. The van der Waals surface area contributed by atoms with E-state index in [1.807, 2.05) is 13.8 Å². The van der Waals surface area contributed by atoms with Crippen LogP contribution in [0.1, 0.15) is 37.0 Å². The summed E-state index contributed by atoms with van der Waals surface area (Å²) in [7, 11) is 0. The van der Waals surface area contributed by atoms with Gasteiger partial charge in [0.05, 0.1) is 5.56 Å². The van der Waals surface area contributed by atoms with E-state index in [1.54, 1.807) is 0 Å². The van der Waals surface area contributed by atoms with Gasteiger partial charge < -0.3 is 16.0 Å². The molecule has 21 heavy (non-hydrogen) atoms. The number of carbonyl (C=O) groups excluding carboxylic acids is 2. The van der Waals surface area contributed by atoms with E-state index in [0.29, 0.717) is 13.1 Å². The molecule has 7 heteroatoms. The van der Waals surface area contributed by atoms with Crippen molar-refractivity contribution in [1.82, 2.24) is 15.6 Å². The van der Waals surface area contributed by atoms with E-state index in [1.165, 1.54) is 12.3 Å². The van der Waals surface area contributed by atoms with E-state index < -0.39 is 11.7 Å². The van der Waals surface area contributed by atoms with Crippen LogP contribution in [0.3, 0.4) is 0 Å². The van der Waals surface area contributed by atoms with E-state index in [-0.39, 0.29) is 30.3 Å². The number of amides is 2. The van der Waals surface area contributed by atoms with Crippen molar-refractivity contribution in [2.75, 3.05) is 25.0 Å². The Kier molecular flexibility index (Phi) is 7.14. The summed E-state index contributed by atoms with van der Waals surface area (Å²) in [4.78, 5) is 27.0. The maximum atomic E-state index is 14.1. The van der Waals surface area contributed by atoms with Gasteiger partial charge in [0.25, 0.3) is 5.91 Å². The third-order valence-electron chi connectivity index (χ3n) is 2.69. The Morgan fingerprint density at radius 2 is 2.00 bits per heavy atom. The zero-order valence-electron chi connectivity index (χ0n) is 12.3. The van der Waals surface area contributed by atoms with Gasteiger partial charge in [0.2, 0.25) is 5.91 Å². The molecule has 1 rings (SSSR count). The minimum atomic E-state index is -0.679. The first-order valence-corrected chi connectivity index (χ1v) is 7.03. The molecule has 0 fully saturated rings. The molecule has 0 aliphatic carbocycles. The number of rotatable bonds is 8. The van der Waals surface area contributed by atoms with Crippen LogP contribution < -0.4 is 16.0 Å². The van der Waals surface area contributed by atoms with Gasteiger partial charge in [0.15, 0.2) is 11.6 Å². The van der Waals surface area contributed by atoms with Crippen molar-refractivity contribution in [2.45, 2.75) is 26.7 Å². The third-order valence-corrected chi connectivity index (χ3v) is 2.69. The summed E-state index contributed by atoms with van der Waals surface area (Å²) in [6, 6.07) is 1.31. The van der Waals surface area contributed by atoms with Crippen LogP contribution in [-0.4, -0.2) is 36.4 Å². The van der Waals surface area contributed by atoms with Crippen LogP contribution in [0.15, 0.2) is 12.3 Å². The SMILES string of the molecule is CCCNc1nccc(C(=O)NCCC(=O)NCC)c1F. The van der Waals surface area contributed by atoms with Crippen LogP contribution in [0.25, 0.3) is 0 Å². The molecule has 0 bridgehead atoms. The van der Waals surface area contributed by atoms with Gasteiger partial charge in [-0.3, -0.25) is 9.59 Å². The lowest BCUT2D eigenvalue weighted by molar-refractivity contribution is -0.120. The molecule has 0 radical (unpaired) electrons. The van der Waals surface area contributed by atoms with Crippen molar-refractivity contribution in [3.8, 4) is 0 Å². The predicted molar refractivity (Wildman–Crippen MR) is 78.6 cm³/mol. The quantitative estimate of drug-likeness (QED) is 0.675. The average molecular weight is 296 g/mol. The van der Waals surface area contributed by atoms with Gasteiger partial charge in [-0.25, -0.2) is 9.37 Å². The summed E-state index contributed by atoms with van der Waals surface area (Å²) in [5, 5.41) is 7.95. The largest absolute Gasteiger partial charge is 0.368 e. The molecule has 0 spiro atoms. The van der Waals surface area contributed by atoms with Crippen molar-refractivity contribution in [3.05, 3.63) is 23.6 Å². The van der Waals surface area contributed by atoms with Gasteiger partial charge in [-0.1, -0.05) is 6.92 Å². The summed E-state index contributed by atoms with van der Waals surface area (Å²) >= 11 is 0. The van der Waals surface area contributed by atoms with Gasteiger partial charge in [-0.15, -0.1) is 0 Å². The van der Waals surface area contributed by atoms with E-state index in [2.05, 4.69) is 20.9 Å². The molecule has 0 saturated carbocycles. The number of halogens is 1. The molecule has 0 aliphatic rings. The number of hydrogen-bond acceptors (Lipinski definition) is 4. The summed E-state index contributed by atoms with van der Waals surface area (Å²) in [6.45, 7) is 5.03. The number of pyridine rings is 1. The zero-order valence-corrected chi connectivity index (χ0v) is 12.3. The number of hydrogen-bond donors (Lipinski definition) is 3. The predicted octanol–water partition coefficient (Wildman–Crippen LogP) is 1.30. The molecule has 116 valence electrons. The summed E-state index contributed by atoms with van der Waals surface area (Å²) in [5.74, 6) is -1.33. The Morgan fingerprint density at radius 3 is 2.67 bits per heavy atom. The van der Waals surface area contributed by atoms with E-state index >= 15 is 0 Å². The Bertz CT molecular complexity index is 494. The van der Waals surface area contributed by atoms with Crippen molar-refractivity contribution in [3.63, 3.8) is 0 Å². The number of aromatic nitrogens is 1. The molecule has 2 amide bonds. The van der Waals surface area contributed by atoms with Gasteiger partial charge >= 0.3 is 0 Å². The Labute approximate surface area is 123 Å². The first-order valence-electron chi connectivity index (χ1n) is 7.03. The smallest absolute Gasteiger partial charge is 0.254 e. The van der Waals surface area contributed by atoms with Crippen molar-refractivity contribution >= 4 is 17.6 Å². The molecule has 0 aromatic carbocycles. The van der Waals surface area contributed by atoms with Crippen molar-refractivity contribution in [2.24, 2.45) is 0 Å². The molecule has 1 heterocycles. The highest BCUT2D eigenvalue weighted by molar-refractivity contribution is 5.95. The highest BCUT2D eigenvalue weighted by Gasteiger charge is 2.15. The molecule has 0 aliphatic heterocycles. The highest BCUT2D eigenvalue weighted by Crippen LogP contribution is 2.14. The van der Waals surface area contributed by atoms with Gasteiger partial charge in [-0.2, -0.15) is 0 Å². The summed E-state index contributed by atoms with van der Waals surface area (Å²) in [5.41, 5.74) is -0.0838. The van der Waals surface area contributed by atoms with Crippen LogP contribution in [0.2, 0.25) is 0 Å². The summed E-state index contributed by atoms with van der Waals surface area (Å²) in [6.07, 6.45) is 2.36. The summed E-state index contributed by atoms with van der Waals surface area (Å²) < 4.78 is 14.1. The second-order valence-corrected chi connectivity index (χ2v) is 4.41. The second kappa shape index (κ2) is 8.89. The lowest BCUT2D eigenvalue weighted by atomic mass is 10.2. The first-order chi connectivity index (χ1) is 10.1. The Morgan fingerprint density at radius 1 is 1.24 bits per heavy atom. The fourth-order valence-electron chi connectivity index (χ4n) is 1.66. The molecule has 1 aromatic rings. The number of nitrogens with one attached hydrogen (secondary N) is 3. The topological polar surface area (TPSA) is 83.1 Å². The number of anilines is 1. The van der Waals surface area contributed by atoms with Crippen LogP contribution in [-0.2, 0) is 4.79 Å². The van der Waals surface area contributed by atoms with Crippen LogP contribution >= 0.6 is 0 Å². The third kappa shape index (κ3) is 5.37. The van der Waals surface area contributed by atoms with E-state index in [0.717, 1.165) is 6.42 Å². The van der Waals surface area contributed by atoms with Crippen molar-refractivity contribution in [1.29, 1.82) is 0 Å². The van der Waals surface area contributed by atoms with Crippen LogP contribution in [0.5, 0.6) is 0 Å². The highest BCUT2D eigenvalue weighted by atomic mass is 19.1. The molecule has 3 N–H and O–H groups in total. The fourth-order valence-corrected chi connectivity index (χ4v) is 1.66. The maximum absolute atomic E-state index is 14.1. The normalized spacial score (nSPS) is 10.0. The number of nitrogens with zero attached hydrogens (tertiary/aromatic N) is 1. The Balaban J connectivity index is 2.59. The first kappa shape index (κ1) is 16.9. The molecule has 0 saturated heterocycles. The molecule has 0 atom stereocenters. The molecule has 0 unspecified atom stereocenters. The second-order valence-electron chi connectivity index (χ2n) is 4.41. The van der Waals surface area contributed by atoms with Gasteiger partial charge in [-0.05, 0) is 19.4 Å². The zero-order chi connectivity index (χ0) is 15.7. The monoisotopic (exact) mass is 296 g/mol. The Hall–Kier alpha value is -2.18.